The van der Waals surface area contributed by atoms with E-state index >= 15 is 0 Å². The molecule has 0 bridgehead atoms. The largest absolute Gasteiger partial charge is 0.335 e. The summed E-state index contributed by atoms with van der Waals surface area (Å²) in [6.07, 6.45) is 0. The summed E-state index contributed by atoms with van der Waals surface area (Å²) in [5.41, 5.74) is 0.0829. The molecule has 1 aromatic carbocycles. The number of nitrogens with one attached hydrogen (secondary N) is 1. The van der Waals surface area contributed by atoms with E-state index in [1.807, 2.05) is 0 Å². The molecular weight excluding hydrogens is 285 g/mol. The molecule has 0 aliphatic carbocycles. The molecule has 2 rings (SSSR count). The fourth-order valence-electron chi connectivity index (χ4n) is 1.24. The van der Waals surface area contributed by atoms with Crippen molar-refractivity contribution >= 4 is 34.7 Å². The Labute approximate surface area is 111 Å². The first-order chi connectivity index (χ1) is 8.47. The van der Waals surface area contributed by atoms with Gasteiger partial charge in [0.15, 0.2) is 11.0 Å². The van der Waals surface area contributed by atoms with Crippen LogP contribution in [0.3, 0.4) is 0 Å². The Bertz CT molecular complexity index is 607. The highest BCUT2D eigenvalue weighted by molar-refractivity contribution is 6.32. The lowest BCUT2D eigenvalue weighted by Gasteiger charge is -2.08. The molecule has 0 amide bonds. The summed E-state index contributed by atoms with van der Waals surface area (Å²) >= 11 is 11.2. The van der Waals surface area contributed by atoms with Gasteiger partial charge < -0.3 is 5.32 Å². The zero-order valence-corrected chi connectivity index (χ0v) is 10.5. The lowest BCUT2D eigenvalue weighted by atomic mass is 10.2. The van der Waals surface area contributed by atoms with Crippen molar-refractivity contribution in [3.05, 3.63) is 39.8 Å². The van der Waals surface area contributed by atoms with Gasteiger partial charge in [-0.3, -0.25) is 0 Å². The van der Waals surface area contributed by atoms with Crippen molar-refractivity contribution in [3.8, 4) is 0 Å². The predicted octanol–water partition coefficient (Wildman–Crippen LogP) is 3.51. The fourth-order valence-corrected chi connectivity index (χ4v) is 1.49. The van der Waals surface area contributed by atoms with Crippen LogP contribution in [0.5, 0.6) is 0 Å². The number of rotatable bonds is 2. The molecule has 0 spiro atoms. The minimum atomic E-state index is -0.639. The van der Waals surface area contributed by atoms with Crippen molar-refractivity contribution in [3.63, 3.8) is 0 Å². The Hall–Kier alpha value is -1.53. The molecule has 0 aliphatic heterocycles. The number of aryl methyl sites for hydroxylation is 1. The summed E-state index contributed by atoms with van der Waals surface area (Å²) in [5, 5.41) is 9.14. The summed E-state index contributed by atoms with van der Waals surface area (Å²) in [7, 11) is 0. The SMILES string of the molecule is Cc1cc(F)c(Nc2nc(Cl)nnc2Cl)cc1F. The van der Waals surface area contributed by atoms with Crippen LogP contribution in [0, 0.1) is 18.6 Å². The molecule has 94 valence electrons. The maximum atomic E-state index is 13.6. The van der Waals surface area contributed by atoms with Crippen LogP contribution in [-0.4, -0.2) is 15.2 Å². The van der Waals surface area contributed by atoms with Crippen LogP contribution >= 0.6 is 23.2 Å². The van der Waals surface area contributed by atoms with Crippen molar-refractivity contribution in [1.82, 2.24) is 15.2 Å². The first kappa shape index (κ1) is 12.9. The number of hydrogen-bond acceptors (Lipinski definition) is 4. The maximum Gasteiger partial charge on any atom is 0.245 e. The van der Waals surface area contributed by atoms with Crippen LogP contribution in [0.15, 0.2) is 12.1 Å². The Balaban J connectivity index is 2.40. The van der Waals surface area contributed by atoms with E-state index in [2.05, 4.69) is 20.5 Å². The molecule has 2 aromatic rings. The lowest BCUT2D eigenvalue weighted by Crippen LogP contribution is -2.01. The quantitative estimate of drug-likeness (QED) is 0.920. The Morgan fingerprint density at radius 2 is 1.83 bits per heavy atom. The Morgan fingerprint density at radius 1 is 1.11 bits per heavy atom. The van der Waals surface area contributed by atoms with E-state index in [0.29, 0.717) is 0 Å². The number of aromatic nitrogens is 3. The van der Waals surface area contributed by atoms with E-state index in [-0.39, 0.29) is 27.5 Å². The maximum absolute atomic E-state index is 13.6. The van der Waals surface area contributed by atoms with Crippen molar-refractivity contribution in [2.24, 2.45) is 0 Å². The van der Waals surface area contributed by atoms with Crippen molar-refractivity contribution in [1.29, 1.82) is 0 Å². The Kier molecular flexibility index (Phi) is 3.58. The van der Waals surface area contributed by atoms with Crippen LogP contribution in [0.1, 0.15) is 5.56 Å². The molecule has 0 fully saturated rings. The van der Waals surface area contributed by atoms with E-state index < -0.39 is 11.6 Å². The highest BCUT2D eigenvalue weighted by Crippen LogP contribution is 2.25. The minimum Gasteiger partial charge on any atom is -0.335 e. The predicted molar refractivity (Wildman–Crippen MR) is 64.2 cm³/mol. The standard InChI is InChI=1S/C10H6Cl2F2N4/c1-4-2-6(14)7(3-5(4)13)15-9-8(11)17-18-10(12)16-9/h2-3H,1H3,(H,15,16,18). The highest BCUT2D eigenvalue weighted by atomic mass is 35.5. The third-order valence-corrected chi connectivity index (χ3v) is 2.54. The molecule has 18 heavy (non-hydrogen) atoms. The van der Waals surface area contributed by atoms with Gasteiger partial charge in [0, 0.05) is 6.07 Å². The monoisotopic (exact) mass is 290 g/mol. The molecule has 0 atom stereocenters. The molecule has 1 heterocycles. The van der Waals surface area contributed by atoms with Gasteiger partial charge in [-0.25, -0.2) is 8.78 Å². The molecule has 8 heteroatoms. The Morgan fingerprint density at radius 3 is 2.56 bits per heavy atom. The van der Waals surface area contributed by atoms with Crippen molar-refractivity contribution in [2.45, 2.75) is 6.92 Å². The molecule has 4 nitrogen and oxygen atoms in total. The van der Waals surface area contributed by atoms with E-state index in [9.17, 15) is 8.78 Å². The van der Waals surface area contributed by atoms with Gasteiger partial charge in [0.25, 0.3) is 0 Å². The molecule has 1 N–H and O–H groups in total. The number of anilines is 2. The summed E-state index contributed by atoms with van der Waals surface area (Å²) in [6.45, 7) is 1.46. The van der Waals surface area contributed by atoms with E-state index in [1.54, 1.807) is 0 Å². The molecule has 0 aliphatic rings. The highest BCUT2D eigenvalue weighted by Gasteiger charge is 2.11. The van der Waals surface area contributed by atoms with Gasteiger partial charge in [0.2, 0.25) is 5.28 Å². The average molecular weight is 291 g/mol. The average Bonchev–Trinajstić information content (AvgIpc) is 2.30. The van der Waals surface area contributed by atoms with Gasteiger partial charge in [-0.2, -0.15) is 4.98 Å². The zero-order valence-electron chi connectivity index (χ0n) is 9.01. The summed E-state index contributed by atoms with van der Waals surface area (Å²) in [6, 6.07) is 2.05. The van der Waals surface area contributed by atoms with Crippen LogP contribution in [0.2, 0.25) is 10.4 Å². The topological polar surface area (TPSA) is 50.7 Å². The molecule has 0 saturated heterocycles. The van der Waals surface area contributed by atoms with Crippen LogP contribution in [0.4, 0.5) is 20.3 Å². The number of hydrogen-bond donors (Lipinski definition) is 1. The molecule has 0 saturated carbocycles. The first-order valence-electron chi connectivity index (χ1n) is 4.76. The van der Waals surface area contributed by atoms with Gasteiger partial charge in [-0.15, -0.1) is 10.2 Å². The second-order valence-corrected chi connectivity index (χ2v) is 4.12. The minimum absolute atomic E-state index is 0.00109. The summed E-state index contributed by atoms with van der Waals surface area (Å²) in [4.78, 5) is 3.72. The van der Waals surface area contributed by atoms with Crippen molar-refractivity contribution in [2.75, 3.05) is 5.32 Å². The number of benzene rings is 1. The molecule has 0 unspecified atom stereocenters. The van der Waals surface area contributed by atoms with Gasteiger partial charge in [-0.1, -0.05) is 11.6 Å². The van der Waals surface area contributed by atoms with Crippen molar-refractivity contribution < 1.29 is 8.78 Å². The van der Waals surface area contributed by atoms with E-state index in [4.69, 9.17) is 23.2 Å². The molecule has 1 aromatic heterocycles. The second-order valence-electron chi connectivity index (χ2n) is 3.43. The van der Waals surface area contributed by atoms with Crippen LogP contribution in [-0.2, 0) is 0 Å². The second kappa shape index (κ2) is 4.99. The normalized spacial score (nSPS) is 10.5. The van der Waals surface area contributed by atoms with Gasteiger partial charge in [0.1, 0.15) is 11.6 Å². The van der Waals surface area contributed by atoms with Gasteiger partial charge in [-0.05, 0) is 30.2 Å². The number of nitrogens with zero attached hydrogens (tertiary/aromatic N) is 3. The fraction of sp³-hybridized carbons (Fsp3) is 0.100. The smallest absolute Gasteiger partial charge is 0.245 e. The third kappa shape index (κ3) is 2.65. The third-order valence-electron chi connectivity index (χ3n) is 2.12. The zero-order chi connectivity index (χ0) is 13.3. The first-order valence-corrected chi connectivity index (χ1v) is 5.51. The van der Waals surface area contributed by atoms with E-state index in [1.165, 1.54) is 6.92 Å². The van der Waals surface area contributed by atoms with Crippen LogP contribution < -0.4 is 5.32 Å². The molecular formula is C10H6Cl2F2N4. The van der Waals surface area contributed by atoms with Gasteiger partial charge in [0.05, 0.1) is 5.69 Å². The lowest BCUT2D eigenvalue weighted by molar-refractivity contribution is 0.595. The summed E-state index contributed by atoms with van der Waals surface area (Å²) < 4.78 is 26.9. The number of halogens is 4. The van der Waals surface area contributed by atoms with Crippen LogP contribution in [0.25, 0.3) is 0 Å². The van der Waals surface area contributed by atoms with E-state index in [0.717, 1.165) is 12.1 Å². The van der Waals surface area contributed by atoms with Gasteiger partial charge >= 0.3 is 0 Å². The summed E-state index contributed by atoms with van der Waals surface area (Å²) in [5.74, 6) is -1.19. The molecule has 0 radical (unpaired) electrons.